The van der Waals surface area contributed by atoms with Crippen LogP contribution in [0.4, 0.5) is 0 Å². The van der Waals surface area contributed by atoms with Crippen molar-refractivity contribution in [1.82, 2.24) is 5.32 Å². The molecule has 32 heavy (non-hydrogen) atoms. The van der Waals surface area contributed by atoms with Crippen LogP contribution in [-0.4, -0.2) is 46.6 Å². The number of fused-ring (bicyclic) bond motifs is 7. The van der Waals surface area contributed by atoms with Gasteiger partial charge >= 0.3 is 0 Å². The van der Waals surface area contributed by atoms with Crippen LogP contribution in [0.15, 0.2) is 0 Å². The first-order chi connectivity index (χ1) is 15.1. The number of hydrogen-bond donors (Lipinski definition) is 3. The lowest BCUT2D eigenvalue weighted by atomic mass is 9.43. The maximum atomic E-state index is 13.4. The van der Waals surface area contributed by atoms with E-state index in [2.05, 4.69) is 33.0 Å². The molecule has 0 aromatic carbocycles. The molecular formula is C27H43NO4. The zero-order valence-corrected chi connectivity index (χ0v) is 20.3. The number of nitrogens with one attached hydrogen (secondary N) is 1. The van der Waals surface area contributed by atoms with Gasteiger partial charge < -0.3 is 14.9 Å². The topological polar surface area (TPSA) is 78.8 Å². The number of aliphatic hydroxyl groups is 2. The zero-order valence-electron chi connectivity index (χ0n) is 20.3. The SMILES string of the molecule is C[C@@H]1CC[C@@]2(NC1)O[C@H]1C[C@H]3[C@@H]4CC(=O)[C@H]5C[C@H](O)[C@H](O)C[C@]5(C)[C@H]4CC[C@]3(C)[C@H]1[C@@H]2C. The van der Waals surface area contributed by atoms with E-state index in [-0.39, 0.29) is 22.5 Å². The molecule has 180 valence electrons. The minimum atomic E-state index is -0.746. The average Bonchev–Trinajstić information content (AvgIpc) is 3.18. The second-order valence-corrected chi connectivity index (χ2v) is 13.3. The summed E-state index contributed by atoms with van der Waals surface area (Å²) >= 11 is 0. The molecule has 2 saturated heterocycles. The van der Waals surface area contributed by atoms with E-state index >= 15 is 0 Å². The van der Waals surface area contributed by atoms with Gasteiger partial charge in [0.2, 0.25) is 0 Å². The van der Waals surface area contributed by atoms with Gasteiger partial charge in [0.1, 0.15) is 11.5 Å². The number of aliphatic hydroxyl groups excluding tert-OH is 2. The summed E-state index contributed by atoms with van der Waals surface area (Å²) in [5, 5.41) is 24.6. The second-order valence-electron chi connectivity index (χ2n) is 13.3. The third-order valence-electron chi connectivity index (χ3n) is 12.0. The summed E-state index contributed by atoms with van der Waals surface area (Å²) in [7, 11) is 0. The van der Waals surface area contributed by atoms with Crippen molar-refractivity contribution in [3.05, 3.63) is 0 Å². The zero-order chi connectivity index (χ0) is 22.6. The van der Waals surface area contributed by atoms with Crippen molar-refractivity contribution in [1.29, 1.82) is 0 Å². The molecule has 0 amide bonds. The lowest BCUT2D eigenvalue weighted by Gasteiger charge is -2.61. The first-order valence-electron chi connectivity index (χ1n) is 13.4. The van der Waals surface area contributed by atoms with Crippen molar-refractivity contribution in [2.75, 3.05) is 6.54 Å². The van der Waals surface area contributed by atoms with E-state index < -0.39 is 12.2 Å². The predicted molar refractivity (Wildman–Crippen MR) is 122 cm³/mol. The molecule has 0 radical (unpaired) electrons. The van der Waals surface area contributed by atoms with Crippen LogP contribution in [0.2, 0.25) is 0 Å². The third kappa shape index (κ3) is 2.74. The standard InChI is InChI=1S/C27H43NO4/c1-14-5-8-27(28-13-14)15(2)24-23(32-27)11-18-16-9-20(29)19-10-21(30)22(31)12-26(19,4)17(16)6-7-25(18,24)3/h14-19,21-24,28,30-31H,5-13H2,1-4H3/t14-,15+,16-,17+,18+,19-,21+,22-,23+,24+,25+,26-,27-/m1/s1. The van der Waals surface area contributed by atoms with Gasteiger partial charge in [-0.25, -0.2) is 0 Å². The highest BCUT2D eigenvalue weighted by Gasteiger charge is 2.69. The van der Waals surface area contributed by atoms with E-state index in [1.807, 2.05) is 0 Å². The number of ether oxygens (including phenoxy) is 1. The van der Waals surface area contributed by atoms with Gasteiger partial charge in [-0.05, 0) is 85.4 Å². The third-order valence-corrected chi connectivity index (χ3v) is 12.0. The predicted octanol–water partition coefficient (Wildman–Crippen LogP) is 3.52. The number of hydrogen-bond acceptors (Lipinski definition) is 5. The minimum Gasteiger partial charge on any atom is -0.390 e. The summed E-state index contributed by atoms with van der Waals surface area (Å²) in [6.45, 7) is 10.6. The van der Waals surface area contributed by atoms with Gasteiger partial charge in [0.15, 0.2) is 0 Å². The molecule has 2 heterocycles. The molecule has 4 aliphatic carbocycles. The Morgan fingerprint density at radius 1 is 1.00 bits per heavy atom. The fourth-order valence-corrected chi connectivity index (χ4v) is 10.3. The van der Waals surface area contributed by atoms with Crippen LogP contribution in [0.25, 0.3) is 0 Å². The quantitative estimate of drug-likeness (QED) is 0.532. The maximum absolute atomic E-state index is 13.4. The number of rotatable bonds is 0. The van der Waals surface area contributed by atoms with Crippen LogP contribution < -0.4 is 5.32 Å². The van der Waals surface area contributed by atoms with Crippen LogP contribution in [-0.2, 0) is 9.53 Å². The molecule has 0 aromatic rings. The van der Waals surface area contributed by atoms with E-state index in [9.17, 15) is 15.0 Å². The minimum absolute atomic E-state index is 0.0840. The van der Waals surface area contributed by atoms with Crippen molar-refractivity contribution >= 4 is 5.78 Å². The van der Waals surface area contributed by atoms with Gasteiger partial charge in [-0.1, -0.05) is 27.7 Å². The number of carbonyl (C=O) groups is 1. The number of Topliss-reactive ketones (excluding diaryl/α,β-unsaturated/α-hetero) is 1. The highest BCUT2D eigenvalue weighted by molar-refractivity contribution is 5.83. The lowest BCUT2D eigenvalue weighted by molar-refractivity contribution is -0.175. The van der Waals surface area contributed by atoms with Gasteiger partial charge in [0.05, 0.1) is 18.3 Å². The van der Waals surface area contributed by atoms with Crippen molar-refractivity contribution in [2.45, 2.75) is 103 Å². The van der Waals surface area contributed by atoms with Gasteiger partial charge in [0, 0.05) is 24.8 Å². The van der Waals surface area contributed by atoms with E-state index in [4.69, 9.17) is 4.74 Å². The van der Waals surface area contributed by atoms with E-state index in [0.717, 1.165) is 31.7 Å². The van der Waals surface area contributed by atoms with Gasteiger partial charge in [-0.2, -0.15) is 0 Å². The lowest BCUT2D eigenvalue weighted by Crippen LogP contribution is -2.60. The average molecular weight is 446 g/mol. The summed E-state index contributed by atoms with van der Waals surface area (Å²) in [6, 6.07) is 0. The van der Waals surface area contributed by atoms with Crippen LogP contribution in [0, 0.1) is 52.3 Å². The van der Waals surface area contributed by atoms with Crippen LogP contribution >= 0.6 is 0 Å². The van der Waals surface area contributed by atoms with Gasteiger partial charge in [-0.3, -0.25) is 10.1 Å². The molecule has 5 heteroatoms. The second kappa shape index (κ2) is 7.02. The molecule has 6 fully saturated rings. The Morgan fingerprint density at radius 3 is 2.50 bits per heavy atom. The fourth-order valence-electron chi connectivity index (χ4n) is 10.3. The summed E-state index contributed by atoms with van der Waals surface area (Å²) in [5.74, 6) is 3.46. The molecule has 13 atom stereocenters. The highest BCUT2D eigenvalue weighted by Crippen LogP contribution is 2.70. The molecule has 5 nitrogen and oxygen atoms in total. The van der Waals surface area contributed by atoms with Crippen molar-refractivity contribution in [2.24, 2.45) is 52.3 Å². The Bertz CT molecular complexity index is 793. The Morgan fingerprint density at radius 2 is 1.78 bits per heavy atom. The molecule has 0 unspecified atom stereocenters. The smallest absolute Gasteiger partial charge is 0.136 e. The van der Waals surface area contributed by atoms with Gasteiger partial charge in [-0.15, -0.1) is 0 Å². The largest absolute Gasteiger partial charge is 0.390 e. The Labute approximate surface area is 193 Å². The maximum Gasteiger partial charge on any atom is 0.136 e. The fraction of sp³-hybridized carbons (Fsp3) is 0.963. The Balaban J connectivity index is 1.29. The molecule has 6 rings (SSSR count). The molecule has 2 aliphatic heterocycles. The van der Waals surface area contributed by atoms with Crippen molar-refractivity contribution < 1.29 is 19.7 Å². The molecular weight excluding hydrogens is 402 g/mol. The monoisotopic (exact) mass is 445 g/mol. The normalized spacial score (nSPS) is 61.8. The van der Waals surface area contributed by atoms with Crippen molar-refractivity contribution in [3.8, 4) is 0 Å². The molecule has 4 saturated carbocycles. The first kappa shape index (κ1) is 22.0. The Kier molecular flexibility index (Phi) is 4.83. The van der Waals surface area contributed by atoms with Crippen LogP contribution in [0.5, 0.6) is 0 Å². The first-order valence-corrected chi connectivity index (χ1v) is 13.4. The van der Waals surface area contributed by atoms with E-state index in [1.54, 1.807) is 0 Å². The summed E-state index contributed by atoms with van der Waals surface area (Å²) in [4.78, 5) is 13.4. The summed E-state index contributed by atoms with van der Waals surface area (Å²) in [5.41, 5.74) is -0.0854. The number of piperidine rings is 1. The van der Waals surface area contributed by atoms with Gasteiger partial charge in [0.25, 0.3) is 0 Å². The molecule has 3 N–H and O–H groups in total. The van der Waals surface area contributed by atoms with Crippen molar-refractivity contribution in [3.63, 3.8) is 0 Å². The molecule has 6 aliphatic rings. The Hall–Kier alpha value is -0.490. The molecule has 0 bridgehead atoms. The molecule has 0 aromatic heterocycles. The number of ketones is 1. The summed E-state index contributed by atoms with van der Waals surface area (Å²) < 4.78 is 6.93. The highest BCUT2D eigenvalue weighted by atomic mass is 16.5. The van der Waals surface area contributed by atoms with Crippen LogP contribution in [0.3, 0.4) is 0 Å². The summed E-state index contributed by atoms with van der Waals surface area (Å²) in [6.07, 6.45) is 6.35. The van der Waals surface area contributed by atoms with Crippen LogP contribution in [0.1, 0.15) is 79.1 Å². The number of carbonyl (C=O) groups excluding carboxylic acids is 1. The molecule has 1 spiro atoms. The van der Waals surface area contributed by atoms with E-state index in [0.29, 0.717) is 60.7 Å². The van der Waals surface area contributed by atoms with E-state index in [1.165, 1.54) is 12.8 Å².